The fourth-order valence-electron chi connectivity index (χ4n) is 2.12. The van der Waals surface area contributed by atoms with Gasteiger partial charge in [0.1, 0.15) is 11.8 Å². The van der Waals surface area contributed by atoms with E-state index in [2.05, 4.69) is 22.5 Å². The van der Waals surface area contributed by atoms with E-state index in [1.54, 1.807) is 12.1 Å². The van der Waals surface area contributed by atoms with Crippen molar-refractivity contribution < 1.29 is 4.79 Å². The fraction of sp³-hybridized carbons (Fsp3) is 0.462. The predicted octanol–water partition coefficient (Wildman–Crippen LogP) is 0.824. The van der Waals surface area contributed by atoms with Gasteiger partial charge in [0, 0.05) is 18.3 Å². The number of carbonyl (C=O) groups is 1. The molecular weight excluding hydrogens is 228 g/mol. The van der Waals surface area contributed by atoms with Crippen LogP contribution in [0.15, 0.2) is 18.3 Å². The SMILES string of the molecule is CC1CC(NC(=O)c2ccc(C#N)cn2)CCN1. The van der Waals surface area contributed by atoms with E-state index in [0.717, 1.165) is 19.4 Å². The molecule has 1 amide bonds. The molecule has 94 valence electrons. The monoisotopic (exact) mass is 244 g/mol. The Hall–Kier alpha value is -1.93. The van der Waals surface area contributed by atoms with E-state index in [1.807, 2.05) is 6.07 Å². The standard InChI is InChI=1S/C13H16N4O/c1-9-6-11(4-5-15-9)17-13(18)12-3-2-10(7-14)8-16-12/h2-3,8-9,11,15H,4-6H2,1H3,(H,17,18). The van der Waals surface area contributed by atoms with Gasteiger partial charge in [0.2, 0.25) is 0 Å². The van der Waals surface area contributed by atoms with Gasteiger partial charge in [0.15, 0.2) is 0 Å². The molecule has 1 aromatic heterocycles. The van der Waals surface area contributed by atoms with Crippen molar-refractivity contribution in [1.82, 2.24) is 15.6 Å². The number of aromatic nitrogens is 1. The van der Waals surface area contributed by atoms with Crippen molar-refractivity contribution in [3.8, 4) is 6.07 Å². The topological polar surface area (TPSA) is 77.8 Å². The molecule has 0 aromatic carbocycles. The molecule has 5 heteroatoms. The zero-order valence-electron chi connectivity index (χ0n) is 10.3. The average Bonchev–Trinajstić information content (AvgIpc) is 2.39. The molecule has 2 unspecified atom stereocenters. The van der Waals surface area contributed by atoms with E-state index in [1.165, 1.54) is 6.20 Å². The number of nitrogens with one attached hydrogen (secondary N) is 2. The Morgan fingerprint density at radius 3 is 3.06 bits per heavy atom. The maximum absolute atomic E-state index is 11.9. The Morgan fingerprint density at radius 2 is 2.44 bits per heavy atom. The number of piperidine rings is 1. The Bertz CT molecular complexity index is 463. The molecule has 2 atom stereocenters. The van der Waals surface area contributed by atoms with E-state index in [0.29, 0.717) is 17.3 Å². The molecule has 1 aromatic rings. The maximum atomic E-state index is 11.9. The molecule has 1 aliphatic heterocycles. The highest BCUT2D eigenvalue weighted by Gasteiger charge is 2.20. The van der Waals surface area contributed by atoms with Crippen LogP contribution in [-0.2, 0) is 0 Å². The first kappa shape index (κ1) is 12.5. The van der Waals surface area contributed by atoms with Gasteiger partial charge in [0.05, 0.1) is 5.56 Å². The largest absolute Gasteiger partial charge is 0.348 e. The summed E-state index contributed by atoms with van der Waals surface area (Å²) in [6.07, 6.45) is 3.29. The lowest BCUT2D eigenvalue weighted by atomic mass is 10.0. The fourth-order valence-corrected chi connectivity index (χ4v) is 2.12. The van der Waals surface area contributed by atoms with Crippen LogP contribution in [0.25, 0.3) is 0 Å². The summed E-state index contributed by atoms with van der Waals surface area (Å²) in [5.41, 5.74) is 0.822. The zero-order valence-corrected chi connectivity index (χ0v) is 10.3. The van der Waals surface area contributed by atoms with Gasteiger partial charge in [-0.05, 0) is 38.4 Å². The minimum atomic E-state index is -0.168. The Morgan fingerprint density at radius 1 is 1.61 bits per heavy atom. The molecule has 2 heterocycles. The number of carbonyl (C=O) groups excluding carboxylic acids is 1. The quantitative estimate of drug-likeness (QED) is 0.807. The first-order valence-corrected chi connectivity index (χ1v) is 6.09. The van der Waals surface area contributed by atoms with Crippen molar-refractivity contribution in [3.63, 3.8) is 0 Å². The molecule has 1 aliphatic rings. The molecule has 18 heavy (non-hydrogen) atoms. The minimum absolute atomic E-state index is 0.168. The van der Waals surface area contributed by atoms with Gasteiger partial charge in [-0.3, -0.25) is 4.79 Å². The molecule has 0 bridgehead atoms. The second-order valence-electron chi connectivity index (χ2n) is 4.59. The van der Waals surface area contributed by atoms with Gasteiger partial charge < -0.3 is 10.6 Å². The van der Waals surface area contributed by atoms with E-state index < -0.39 is 0 Å². The highest BCUT2D eigenvalue weighted by molar-refractivity contribution is 5.92. The van der Waals surface area contributed by atoms with Crippen LogP contribution < -0.4 is 10.6 Å². The molecule has 2 rings (SSSR count). The van der Waals surface area contributed by atoms with Crippen LogP contribution in [0.3, 0.4) is 0 Å². The highest BCUT2D eigenvalue weighted by Crippen LogP contribution is 2.09. The lowest BCUT2D eigenvalue weighted by Crippen LogP contribution is -2.46. The molecular formula is C13H16N4O. The van der Waals surface area contributed by atoms with Crippen molar-refractivity contribution in [2.24, 2.45) is 0 Å². The predicted molar refractivity (Wildman–Crippen MR) is 66.9 cm³/mol. The summed E-state index contributed by atoms with van der Waals surface area (Å²) in [7, 11) is 0. The van der Waals surface area contributed by atoms with Gasteiger partial charge in [-0.15, -0.1) is 0 Å². The summed E-state index contributed by atoms with van der Waals surface area (Å²) >= 11 is 0. The van der Waals surface area contributed by atoms with Crippen LogP contribution in [0.5, 0.6) is 0 Å². The Kier molecular flexibility index (Phi) is 3.90. The number of amides is 1. The summed E-state index contributed by atoms with van der Waals surface area (Å²) < 4.78 is 0. The summed E-state index contributed by atoms with van der Waals surface area (Å²) in [6, 6.07) is 5.79. The summed E-state index contributed by atoms with van der Waals surface area (Å²) in [4.78, 5) is 15.9. The van der Waals surface area contributed by atoms with E-state index >= 15 is 0 Å². The number of nitriles is 1. The number of rotatable bonds is 2. The molecule has 2 N–H and O–H groups in total. The van der Waals surface area contributed by atoms with E-state index in [9.17, 15) is 4.79 Å². The van der Waals surface area contributed by atoms with E-state index in [4.69, 9.17) is 5.26 Å². The third kappa shape index (κ3) is 3.05. The van der Waals surface area contributed by atoms with Crippen molar-refractivity contribution in [2.75, 3.05) is 6.54 Å². The first-order valence-electron chi connectivity index (χ1n) is 6.09. The number of nitrogens with zero attached hydrogens (tertiary/aromatic N) is 2. The van der Waals surface area contributed by atoms with E-state index in [-0.39, 0.29) is 11.9 Å². The van der Waals surface area contributed by atoms with Crippen LogP contribution >= 0.6 is 0 Å². The minimum Gasteiger partial charge on any atom is -0.348 e. The van der Waals surface area contributed by atoms with Crippen LogP contribution in [0.1, 0.15) is 35.8 Å². The van der Waals surface area contributed by atoms with Crippen LogP contribution in [0.2, 0.25) is 0 Å². The van der Waals surface area contributed by atoms with Gasteiger partial charge >= 0.3 is 0 Å². The Balaban J connectivity index is 1.96. The lowest BCUT2D eigenvalue weighted by Gasteiger charge is -2.28. The van der Waals surface area contributed by atoms with Gasteiger partial charge in [-0.25, -0.2) is 4.98 Å². The second-order valence-corrected chi connectivity index (χ2v) is 4.59. The average molecular weight is 244 g/mol. The van der Waals surface area contributed by atoms with Gasteiger partial charge in [-0.1, -0.05) is 0 Å². The summed E-state index contributed by atoms with van der Waals surface area (Å²) in [5, 5.41) is 15.0. The van der Waals surface area contributed by atoms with Gasteiger partial charge in [-0.2, -0.15) is 5.26 Å². The second kappa shape index (κ2) is 5.61. The van der Waals surface area contributed by atoms with Crippen LogP contribution in [-0.4, -0.2) is 29.5 Å². The number of hydrogen-bond acceptors (Lipinski definition) is 4. The molecule has 0 saturated carbocycles. The Labute approximate surface area is 106 Å². The third-order valence-electron chi connectivity index (χ3n) is 3.08. The van der Waals surface area contributed by atoms with Gasteiger partial charge in [0.25, 0.3) is 5.91 Å². The number of hydrogen-bond donors (Lipinski definition) is 2. The zero-order chi connectivity index (χ0) is 13.0. The van der Waals surface area contributed by atoms with Crippen molar-refractivity contribution >= 4 is 5.91 Å². The maximum Gasteiger partial charge on any atom is 0.270 e. The number of pyridine rings is 1. The highest BCUT2D eigenvalue weighted by atomic mass is 16.1. The van der Waals surface area contributed by atoms with Crippen molar-refractivity contribution in [1.29, 1.82) is 5.26 Å². The molecule has 1 saturated heterocycles. The molecule has 0 spiro atoms. The van der Waals surface area contributed by atoms with Crippen molar-refractivity contribution in [3.05, 3.63) is 29.6 Å². The molecule has 5 nitrogen and oxygen atoms in total. The molecule has 0 aliphatic carbocycles. The summed E-state index contributed by atoms with van der Waals surface area (Å²) in [6.45, 7) is 3.03. The van der Waals surface area contributed by atoms with Crippen LogP contribution in [0.4, 0.5) is 0 Å². The normalized spacial score (nSPS) is 23.1. The van der Waals surface area contributed by atoms with Crippen LogP contribution in [0, 0.1) is 11.3 Å². The lowest BCUT2D eigenvalue weighted by molar-refractivity contribution is 0.0920. The molecule has 1 fully saturated rings. The first-order chi connectivity index (χ1) is 8.69. The third-order valence-corrected chi connectivity index (χ3v) is 3.08. The molecule has 0 radical (unpaired) electrons. The smallest absolute Gasteiger partial charge is 0.270 e. The van der Waals surface area contributed by atoms with Crippen molar-refractivity contribution in [2.45, 2.75) is 31.8 Å². The summed E-state index contributed by atoms with van der Waals surface area (Å²) in [5.74, 6) is -0.168.